The Bertz CT molecular complexity index is 976. The molecule has 1 aromatic heterocycles. The second-order valence-electron chi connectivity index (χ2n) is 6.79. The van der Waals surface area contributed by atoms with Crippen LogP contribution in [0.5, 0.6) is 0 Å². The van der Waals surface area contributed by atoms with Gasteiger partial charge in [0, 0.05) is 39.2 Å². The van der Waals surface area contributed by atoms with Gasteiger partial charge in [-0.2, -0.15) is 0 Å². The Morgan fingerprint density at radius 2 is 2.15 bits per heavy atom. The lowest BCUT2D eigenvalue weighted by molar-refractivity contribution is -0.132. The number of amides is 1. The molecule has 0 radical (unpaired) electrons. The van der Waals surface area contributed by atoms with E-state index in [0.717, 1.165) is 25.9 Å². The Balaban J connectivity index is 1.63. The van der Waals surface area contributed by atoms with Gasteiger partial charge in [0.05, 0.1) is 10.4 Å². The molecule has 1 aliphatic rings. The smallest absolute Gasteiger partial charge is 0.408 e. The number of aromatic nitrogens is 1. The van der Waals surface area contributed by atoms with E-state index in [0.29, 0.717) is 11.4 Å². The van der Waals surface area contributed by atoms with Crippen LogP contribution in [0.1, 0.15) is 26.2 Å². The minimum absolute atomic E-state index is 0.00149. The van der Waals surface area contributed by atoms with E-state index in [-0.39, 0.29) is 29.4 Å². The van der Waals surface area contributed by atoms with Crippen molar-refractivity contribution < 1.29 is 17.6 Å². The first-order chi connectivity index (χ1) is 12.3. The number of oxazole rings is 1. The molecule has 0 aliphatic carbocycles. The lowest BCUT2D eigenvalue weighted by Gasteiger charge is -2.31. The van der Waals surface area contributed by atoms with Crippen LogP contribution in [-0.2, 0) is 21.9 Å². The molecule has 1 atom stereocenters. The summed E-state index contributed by atoms with van der Waals surface area (Å²) in [4.78, 5) is 25.5. The van der Waals surface area contributed by atoms with Crippen LogP contribution in [0.15, 0.2) is 32.3 Å². The van der Waals surface area contributed by atoms with Gasteiger partial charge in [0.15, 0.2) is 5.58 Å². The molecule has 1 aromatic carbocycles. The second-order valence-corrected chi connectivity index (χ2v) is 8.56. The molecule has 0 bridgehead atoms. The van der Waals surface area contributed by atoms with Crippen LogP contribution in [0.4, 0.5) is 0 Å². The molecule has 142 valence electrons. The standard InChI is InChI=1S/C17H23N3O5S/c1-12-4-3-9-20(11-12)16(21)7-8-18-26(23,24)13-5-6-14-15(10-13)25-17(22)19(14)2/h5-6,10,12,18H,3-4,7-9,11H2,1-2H3/t12-/m1/s1. The number of carbonyl (C=O) groups is 1. The summed E-state index contributed by atoms with van der Waals surface area (Å²) >= 11 is 0. The molecule has 9 heteroatoms. The average Bonchev–Trinajstić information content (AvgIpc) is 2.88. The zero-order valence-corrected chi connectivity index (χ0v) is 15.7. The molecule has 1 aliphatic heterocycles. The zero-order valence-electron chi connectivity index (χ0n) is 14.9. The van der Waals surface area contributed by atoms with E-state index in [1.807, 2.05) is 0 Å². The summed E-state index contributed by atoms with van der Waals surface area (Å²) in [7, 11) is -2.24. The van der Waals surface area contributed by atoms with Crippen molar-refractivity contribution in [2.75, 3.05) is 19.6 Å². The average molecular weight is 381 g/mol. The Morgan fingerprint density at radius 1 is 1.38 bits per heavy atom. The van der Waals surface area contributed by atoms with Gasteiger partial charge in [-0.3, -0.25) is 9.36 Å². The number of nitrogens with one attached hydrogen (secondary N) is 1. The number of likely N-dealkylation sites (tertiary alicyclic amines) is 1. The molecule has 3 rings (SSSR count). The van der Waals surface area contributed by atoms with Gasteiger partial charge < -0.3 is 9.32 Å². The highest BCUT2D eigenvalue weighted by Crippen LogP contribution is 2.18. The number of hydrogen-bond acceptors (Lipinski definition) is 5. The Kier molecular flexibility index (Phi) is 5.19. The molecule has 1 fully saturated rings. The second kappa shape index (κ2) is 7.24. The highest BCUT2D eigenvalue weighted by atomic mass is 32.2. The first kappa shape index (κ1) is 18.7. The number of sulfonamides is 1. The Hall–Kier alpha value is -2.13. The van der Waals surface area contributed by atoms with E-state index in [2.05, 4.69) is 11.6 Å². The number of piperidine rings is 1. The number of aryl methyl sites for hydroxylation is 1. The van der Waals surface area contributed by atoms with Gasteiger partial charge >= 0.3 is 5.76 Å². The predicted octanol–water partition coefficient (Wildman–Crippen LogP) is 1.06. The quantitative estimate of drug-likeness (QED) is 0.834. The fourth-order valence-corrected chi connectivity index (χ4v) is 4.28. The topological polar surface area (TPSA) is 102 Å². The van der Waals surface area contributed by atoms with E-state index in [9.17, 15) is 18.0 Å². The third-order valence-electron chi connectivity index (χ3n) is 4.71. The summed E-state index contributed by atoms with van der Waals surface area (Å²) in [6, 6.07) is 4.25. The number of fused-ring (bicyclic) bond motifs is 1. The maximum Gasteiger partial charge on any atom is 0.419 e. The van der Waals surface area contributed by atoms with Crippen LogP contribution in [0.3, 0.4) is 0 Å². The molecule has 26 heavy (non-hydrogen) atoms. The van der Waals surface area contributed by atoms with E-state index in [4.69, 9.17) is 4.42 Å². The molecule has 0 spiro atoms. The summed E-state index contributed by atoms with van der Waals surface area (Å²) < 4.78 is 33.6. The molecule has 2 heterocycles. The molecule has 0 unspecified atom stereocenters. The predicted molar refractivity (Wildman–Crippen MR) is 96.2 cm³/mol. The van der Waals surface area contributed by atoms with Crippen LogP contribution in [0, 0.1) is 5.92 Å². The van der Waals surface area contributed by atoms with Crippen molar-refractivity contribution in [2.24, 2.45) is 13.0 Å². The van der Waals surface area contributed by atoms with Crippen molar-refractivity contribution in [1.82, 2.24) is 14.2 Å². The molecular formula is C17H23N3O5S. The van der Waals surface area contributed by atoms with Gasteiger partial charge in [0.2, 0.25) is 15.9 Å². The molecule has 8 nitrogen and oxygen atoms in total. The van der Waals surface area contributed by atoms with Crippen LogP contribution < -0.4 is 10.5 Å². The first-order valence-electron chi connectivity index (χ1n) is 8.65. The van der Waals surface area contributed by atoms with Gasteiger partial charge in [-0.15, -0.1) is 0 Å². The lowest BCUT2D eigenvalue weighted by atomic mass is 10.0. The maximum absolute atomic E-state index is 12.4. The van der Waals surface area contributed by atoms with Crippen molar-refractivity contribution in [3.8, 4) is 0 Å². The Labute approximate surface area is 151 Å². The third-order valence-corrected chi connectivity index (χ3v) is 6.17. The maximum atomic E-state index is 12.4. The minimum Gasteiger partial charge on any atom is -0.408 e. The summed E-state index contributed by atoms with van der Waals surface area (Å²) in [5, 5.41) is 0. The van der Waals surface area contributed by atoms with Crippen molar-refractivity contribution in [2.45, 2.75) is 31.1 Å². The summed E-state index contributed by atoms with van der Waals surface area (Å²) in [5.74, 6) is -0.107. The van der Waals surface area contributed by atoms with Gasteiger partial charge in [-0.1, -0.05) is 6.92 Å². The summed E-state index contributed by atoms with van der Waals surface area (Å²) in [6.45, 7) is 3.61. The van der Waals surface area contributed by atoms with Crippen LogP contribution in [-0.4, -0.2) is 43.4 Å². The van der Waals surface area contributed by atoms with E-state index >= 15 is 0 Å². The first-order valence-corrected chi connectivity index (χ1v) is 10.1. The van der Waals surface area contributed by atoms with E-state index in [1.165, 1.54) is 22.8 Å². The number of nitrogens with zero attached hydrogens (tertiary/aromatic N) is 2. The SMILES string of the molecule is C[C@@H]1CCCN(C(=O)CCNS(=O)(=O)c2ccc3c(c2)oc(=O)n3C)C1. The van der Waals surface area contributed by atoms with E-state index < -0.39 is 15.8 Å². The van der Waals surface area contributed by atoms with Gasteiger partial charge in [-0.05, 0) is 30.9 Å². The molecular weight excluding hydrogens is 358 g/mol. The molecule has 1 N–H and O–H groups in total. The van der Waals surface area contributed by atoms with Gasteiger partial charge in [0.1, 0.15) is 0 Å². The number of carbonyl (C=O) groups excluding carboxylic acids is 1. The van der Waals surface area contributed by atoms with Crippen molar-refractivity contribution in [1.29, 1.82) is 0 Å². The summed E-state index contributed by atoms with van der Waals surface area (Å²) in [5.41, 5.74) is 0.724. The van der Waals surface area contributed by atoms with Crippen LogP contribution >= 0.6 is 0 Å². The van der Waals surface area contributed by atoms with Crippen molar-refractivity contribution in [3.05, 3.63) is 28.7 Å². The van der Waals surface area contributed by atoms with Gasteiger partial charge in [0.25, 0.3) is 0 Å². The number of rotatable bonds is 5. The highest BCUT2D eigenvalue weighted by Gasteiger charge is 2.22. The lowest BCUT2D eigenvalue weighted by Crippen LogP contribution is -2.40. The van der Waals surface area contributed by atoms with Crippen molar-refractivity contribution in [3.63, 3.8) is 0 Å². The van der Waals surface area contributed by atoms with Crippen LogP contribution in [0.25, 0.3) is 11.1 Å². The van der Waals surface area contributed by atoms with Crippen molar-refractivity contribution >= 4 is 27.0 Å². The molecule has 2 aromatic rings. The highest BCUT2D eigenvalue weighted by molar-refractivity contribution is 7.89. The monoisotopic (exact) mass is 381 g/mol. The van der Waals surface area contributed by atoms with Gasteiger partial charge in [-0.25, -0.2) is 17.9 Å². The van der Waals surface area contributed by atoms with E-state index in [1.54, 1.807) is 11.9 Å². The Morgan fingerprint density at radius 3 is 2.88 bits per heavy atom. The molecule has 1 amide bonds. The number of benzene rings is 1. The normalized spacial score (nSPS) is 18.4. The number of hydrogen-bond donors (Lipinski definition) is 1. The fourth-order valence-electron chi connectivity index (χ4n) is 3.23. The minimum atomic E-state index is -3.78. The van der Waals surface area contributed by atoms with Crippen LogP contribution in [0.2, 0.25) is 0 Å². The summed E-state index contributed by atoms with van der Waals surface area (Å²) in [6.07, 6.45) is 2.23. The third kappa shape index (κ3) is 3.83. The molecule has 1 saturated heterocycles. The zero-order chi connectivity index (χ0) is 18.9. The largest absolute Gasteiger partial charge is 0.419 e. The fraction of sp³-hybridized carbons (Fsp3) is 0.529. The molecule has 0 saturated carbocycles.